The van der Waals surface area contributed by atoms with Crippen LogP contribution in [-0.2, 0) is 11.1 Å². The first-order valence-electron chi connectivity index (χ1n) is 12.7. The average molecular weight is 503 g/mol. The van der Waals surface area contributed by atoms with Gasteiger partial charge in [0.1, 0.15) is 17.9 Å². The number of carbonyl (C=O) groups excluding carboxylic acids is 1. The molecule has 0 amide bonds. The zero-order valence-electron chi connectivity index (χ0n) is 21.8. The van der Waals surface area contributed by atoms with Crippen molar-refractivity contribution >= 4 is 5.78 Å². The average Bonchev–Trinajstić information content (AvgIpc) is 3.64. The third-order valence-electron chi connectivity index (χ3n) is 7.12. The van der Waals surface area contributed by atoms with Crippen LogP contribution in [0.2, 0.25) is 0 Å². The second kappa shape index (κ2) is 9.47. The molecule has 2 aromatic carbocycles. The molecule has 5 rings (SSSR count). The third-order valence-corrected chi connectivity index (χ3v) is 7.12. The minimum atomic E-state index is -1.36. The van der Waals surface area contributed by atoms with E-state index in [2.05, 4.69) is 0 Å². The molecule has 2 heterocycles. The maximum atomic E-state index is 13.1. The smallest absolute Gasteiger partial charge is 0.163 e. The molecule has 37 heavy (non-hydrogen) atoms. The van der Waals surface area contributed by atoms with Gasteiger partial charge in [0.2, 0.25) is 0 Å². The summed E-state index contributed by atoms with van der Waals surface area (Å²) in [7, 11) is 1.56. The molecule has 0 saturated heterocycles. The molecular weight excluding hydrogens is 468 g/mol. The van der Waals surface area contributed by atoms with Gasteiger partial charge in [0.15, 0.2) is 23.0 Å². The first-order valence-corrected chi connectivity index (χ1v) is 12.7. The Morgan fingerprint density at radius 1 is 1.19 bits per heavy atom. The molecule has 0 radical (unpaired) electrons. The molecule has 0 spiro atoms. The molecule has 3 N–H and O–H groups in total. The van der Waals surface area contributed by atoms with Gasteiger partial charge in [-0.05, 0) is 64.3 Å². The minimum Gasteiger partial charge on any atom is -0.493 e. The molecule has 1 aromatic heterocycles. The molecule has 3 aromatic rings. The Labute approximate surface area is 217 Å². The highest BCUT2D eigenvalue weighted by Crippen LogP contribution is 2.44. The number of nitrogens with two attached hydrogens (primary N) is 1. The van der Waals surface area contributed by atoms with Gasteiger partial charge in [-0.25, -0.2) is 4.98 Å². The normalized spacial score (nSPS) is 20.1. The van der Waals surface area contributed by atoms with Gasteiger partial charge >= 0.3 is 0 Å². The van der Waals surface area contributed by atoms with Crippen molar-refractivity contribution in [3.8, 4) is 28.5 Å². The lowest BCUT2D eigenvalue weighted by Crippen LogP contribution is -2.35. The molecule has 2 aliphatic rings. The molecule has 1 saturated carbocycles. The van der Waals surface area contributed by atoms with Gasteiger partial charge in [-0.15, -0.1) is 0 Å². The Morgan fingerprint density at radius 2 is 1.92 bits per heavy atom. The molecular formula is C30H34N2O5. The predicted molar refractivity (Wildman–Crippen MR) is 141 cm³/mol. The lowest BCUT2D eigenvalue weighted by Gasteiger charge is -2.25. The van der Waals surface area contributed by atoms with E-state index in [0.29, 0.717) is 40.8 Å². The van der Waals surface area contributed by atoms with Crippen molar-refractivity contribution in [2.45, 2.75) is 63.7 Å². The number of nitrogens with zero attached hydrogens (tertiary/aromatic N) is 1. The molecule has 0 bridgehead atoms. The summed E-state index contributed by atoms with van der Waals surface area (Å²) in [6.07, 6.45) is 2.63. The molecule has 1 aliphatic heterocycles. The number of fused-ring (bicyclic) bond motifs is 1. The number of benzene rings is 2. The number of ether oxygens (including phenoxy) is 3. The van der Waals surface area contributed by atoms with E-state index in [-0.39, 0.29) is 24.7 Å². The van der Waals surface area contributed by atoms with E-state index in [1.165, 1.54) is 0 Å². The number of Topliss-reactive ketones (excluding diaryl/α,β-unsaturated/α-hetero) is 1. The quantitative estimate of drug-likeness (QED) is 0.395. The maximum absolute atomic E-state index is 13.1. The number of aryl methyl sites for hydroxylation is 1. The van der Waals surface area contributed by atoms with Gasteiger partial charge in [-0.1, -0.05) is 29.8 Å². The fraction of sp³-hybridized carbons (Fsp3) is 0.400. The van der Waals surface area contributed by atoms with Crippen LogP contribution in [0.15, 0.2) is 48.5 Å². The van der Waals surface area contributed by atoms with Gasteiger partial charge in [-0.3, -0.25) is 4.79 Å². The lowest BCUT2D eigenvalue weighted by molar-refractivity contribution is 0.0396. The van der Waals surface area contributed by atoms with Crippen LogP contribution in [0, 0.1) is 6.92 Å². The molecule has 7 nitrogen and oxygen atoms in total. The Hall–Kier alpha value is -3.42. The van der Waals surface area contributed by atoms with Crippen LogP contribution in [0.3, 0.4) is 0 Å². The number of ketones is 1. The predicted octanol–water partition coefficient (Wildman–Crippen LogP) is 5.04. The highest BCUT2D eigenvalue weighted by atomic mass is 16.5. The van der Waals surface area contributed by atoms with Crippen molar-refractivity contribution in [1.29, 1.82) is 0 Å². The van der Waals surface area contributed by atoms with Gasteiger partial charge in [0.05, 0.1) is 24.4 Å². The summed E-state index contributed by atoms with van der Waals surface area (Å²) < 4.78 is 17.3. The Morgan fingerprint density at radius 3 is 2.59 bits per heavy atom. The van der Waals surface area contributed by atoms with Crippen molar-refractivity contribution in [2.24, 2.45) is 5.73 Å². The number of methoxy groups -OCH3 is 1. The van der Waals surface area contributed by atoms with E-state index >= 15 is 0 Å². The van der Waals surface area contributed by atoms with E-state index in [9.17, 15) is 9.90 Å². The van der Waals surface area contributed by atoms with Crippen LogP contribution in [0.4, 0.5) is 0 Å². The first-order chi connectivity index (χ1) is 17.6. The Bertz CT molecular complexity index is 1330. The minimum absolute atomic E-state index is 0.0940. The van der Waals surface area contributed by atoms with E-state index < -0.39 is 11.1 Å². The molecule has 194 valence electrons. The highest BCUT2D eigenvalue weighted by molar-refractivity contribution is 5.96. The summed E-state index contributed by atoms with van der Waals surface area (Å²) >= 11 is 0. The largest absolute Gasteiger partial charge is 0.493 e. The van der Waals surface area contributed by atoms with Gasteiger partial charge in [-0.2, -0.15) is 0 Å². The Balaban J connectivity index is 1.40. The van der Waals surface area contributed by atoms with Crippen LogP contribution in [0.25, 0.3) is 11.3 Å². The number of aromatic nitrogens is 1. The van der Waals surface area contributed by atoms with Crippen LogP contribution in [0.5, 0.6) is 17.2 Å². The van der Waals surface area contributed by atoms with Gasteiger partial charge in [0.25, 0.3) is 0 Å². The summed E-state index contributed by atoms with van der Waals surface area (Å²) in [6.45, 7) is 5.94. The molecule has 2 atom stereocenters. The lowest BCUT2D eigenvalue weighted by atomic mass is 9.88. The van der Waals surface area contributed by atoms with Crippen LogP contribution < -0.4 is 19.9 Å². The zero-order chi connectivity index (χ0) is 26.4. The van der Waals surface area contributed by atoms with Crippen molar-refractivity contribution in [2.75, 3.05) is 13.7 Å². The van der Waals surface area contributed by atoms with Gasteiger partial charge < -0.3 is 25.1 Å². The molecule has 1 fully saturated rings. The number of aliphatic hydroxyl groups is 1. The SMILES string of the molecule is COc1cc(C(=O)CC[C@](C)(O)c2cc3c(c(-c4ccc(C)cc4)n2)OC[C@@]3(C)N)ccc1OC1CC1. The highest BCUT2D eigenvalue weighted by Gasteiger charge is 2.38. The second-order valence-corrected chi connectivity index (χ2v) is 10.7. The summed E-state index contributed by atoms with van der Waals surface area (Å²) in [4.78, 5) is 17.9. The van der Waals surface area contributed by atoms with Crippen LogP contribution >= 0.6 is 0 Å². The summed E-state index contributed by atoms with van der Waals surface area (Å²) in [5.74, 6) is 1.73. The fourth-order valence-electron chi connectivity index (χ4n) is 4.52. The van der Waals surface area contributed by atoms with Crippen molar-refractivity contribution in [1.82, 2.24) is 4.98 Å². The number of carbonyl (C=O) groups is 1. The van der Waals surface area contributed by atoms with Crippen molar-refractivity contribution in [3.05, 3.63) is 70.9 Å². The third kappa shape index (κ3) is 5.20. The number of pyridine rings is 1. The standard InChI is InChI=1S/C30H34N2O5/c1-18-5-7-19(8-6-18)27-28-22(29(2,31)17-36-28)16-26(32-27)30(3,34)14-13-23(33)20-9-12-24(25(15-20)35-4)37-21-10-11-21/h5-9,12,15-16,21,34H,10-11,13-14,17,31H2,1-4H3/t29-,30+/m1/s1. The van der Waals surface area contributed by atoms with Crippen molar-refractivity contribution in [3.63, 3.8) is 0 Å². The second-order valence-electron chi connectivity index (χ2n) is 10.7. The first kappa shape index (κ1) is 25.2. The molecule has 0 unspecified atom stereocenters. The number of hydrogen-bond donors (Lipinski definition) is 2. The van der Waals surface area contributed by atoms with Gasteiger partial charge in [0, 0.05) is 23.1 Å². The van der Waals surface area contributed by atoms with Crippen LogP contribution in [0.1, 0.15) is 66.7 Å². The molecule has 7 heteroatoms. The summed E-state index contributed by atoms with van der Waals surface area (Å²) in [5, 5.41) is 11.5. The molecule has 1 aliphatic carbocycles. The summed E-state index contributed by atoms with van der Waals surface area (Å²) in [6, 6.07) is 15.0. The van der Waals surface area contributed by atoms with E-state index in [1.807, 2.05) is 44.2 Å². The van der Waals surface area contributed by atoms with Crippen molar-refractivity contribution < 1.29 is 24.1 Å². The number of hydrogen-bond acceptors (Lipinski definition) is 7. The number of rotatable bonds is 9. The van der Waals surface area contributed by atoms with E-state index in [0.717, 1.165) is 29.5 Å². The maximum Gasteiger partial charge on any atom is 0.163 e. The topological polar surface area (TPSA) is 104 Å². The van der Waals surface area contributed by atoms with E-state index in [4.69, 9.17) is 24.9 Å². The monoisotopic (exact) mass is 502 g/mol. The zero-order valence-corrected chi connectivity index (χ0v) is 21.8. The van der Waals surface area contributed by atoms with Crippen LogP contribution in [-0.4, -0.2) is 35.7 Å². The van der Waals surface area contributed by atoms with E-state index in [1.54, 1.807) is 32.2 Å². The summed E-state index contributed by atoms with van der Waals surface area (Å²) in [5.41, 5.74) is 8.90. The fourth-order valence-corrected chi connectivity index (χ4v) is 4.52. The Kier molecular flexibility index (Phi) is 6.46.